The van der Waals surface area contributed by atoms with Gasteiger partial charge in [-0.25, -0.2) is 0 Å². The van der Waals surface area contributed by atoms with Gasteiger partial charge in [0.2, 0.25) is 0 Å². The highest BCUT2D eigenvalue weighted by Gasteiger charge is 2.24. The number of hydrogen-bond donors (Lipinski definition) is 0. The standard InChI is InChI=1S/C17H18N2O3/c1-2-3-13-18(14-9-5-4-6-10-14)17(20)15-11-7-8-12-16(15)19(21)22/h4-12H,2-3,13H2,1H3. The van der Waals surface area contributed by atoms with E-state index < -0.39 is 4.92 Å². The van der Waals surface area contributed by atoms with Crippen LogP contribution in [0.3, 0.4) is 0 Å². The Hall–Kier alpha value is -2.69. The van der Waals surface area contributed by atoms with Gasteiger partial charge in [-0.15, -0.1) is 0 Å². The average molecular weight is 298 g/mol. The molecule has 0 N–H and O–H groups in total. The molecule has 0 heterocycles. The molecule has 0 aliphatic rings. The zero-order chi connectivity index (χ0) is 15.9. The van der Waals surface area contributed by atoms with Crippen LogP contribution in [0.1, 0.15) is 30.1 Å². The van der Waals surface area contributed by atoms with Crippen LogP contribution in [0.15, 0.2) is 54.6 Å². The average Bonchev–Trinajstić information content (AvgIpc) is 2.56. The molecule has 1 amide bonds. The zero-order valence-corrected chi connectivity index (χ0v) is 12.4. The second-order valence-electron chi connectivity index (χ2n) is 4.92. The lowest BCUT2D eigenvalue weighted by Crippen LogP contribution is -2.32. The number of nitro groups is 1. The maximum Gasteiger partial charge on any atom is 0.282 e. The minimum Gasteiger partial charge on any atom is -0.308 e. The number of rotatable bonds is 6. The first-order valence-electron chi connectivity index (χ1n) is 7.25. The highest BCUT2D eigenvalue weighted by Crippen LogP contribution is 2.23. The van der Waals surface area contributed by atoms with Gasteiger partial charge in [0.1, 0.15) is 5.56 Å². The van der Waals surface area contributed by atoms with E-state index in [1.807, 2.05) is 37.3 Å². The summed E-state index contributed by atoms with van der Waals surface area (Å²) in [4.78, 5) is 25.0. The Labute approximate surface area is 129 Å². The molecule has 5 heteroatoms. The van der Waals surface area contributed by atoms with Crippen LogP contribution in [0.5, 0.6) is 0 Å². The van der Waals surface area contributed by atoms with Crippen LogP contribution in [-0.4, -0.2) is 17.4 Å². The summed E-state index contributed by atoms with van der Waals surface area (Å²) >= 11 is 0. The highest BCUT2D eigenvalue weighted by molar-refractivity contribution is 6.08. The minimum absolute atomic E-state index is 0.118. The van der Waals surface area contributed by atoms with E-state index in [2.05, 4.69) is 0 Å². The number of hydrogen-bond acceptors (Lipinski definition) is 3. The lowest BCUT2D eigenvalue weighted by Gasteiger charge is -2.22. The third-order valence-corrected chi connectivity index (χ3v) is 3.38. The number of benzene rings is 2. The molecule has 0 unspecified atom stereocenters. The molecule has 0 bridgehead atoms. The van der Waals surface area contributed by atoms with Gasteiger partial charge in [0, 0.05) is 18.3 Å². The van der Waals surface area contributed by atoms with Crippen LogP contribution in [0.4, 0.5) is 11.4 Å². The van der Waals surface area contributed by atoms with Crippen LogP contribution >= 0.6 is 0 Å². The van der Waals surface area contributed by atoms with Crippen molar-refractivity contribution in [2.75, 3.05) is 11.4 Å². The fourth-order valence-electron chi connectivity index (χ4n) is 2.23. The molecule has 2 aromatic rings. The Balaban J connectivity index is 2.40. The maximum absolute atomic E-state index is 12.8. The smallest absolute Gasteiger partial charge is 0.282 e. The normalized spacial score (nSPS) is 10.2. The third-order valence-electron chi connectivity index (χ3n) is 3.38. The van der Waals surface area contributed by atoms with Crippen LogP contribution in [-0.2, 0) is 0 Å². The molecule has 0 spiro atoms. The van der Waals surface area contributed by atoms with Crippen molar-refractivity contribution in [1.29, 1.82) is 0 Å². The maximum atomic E-state index is 12.8. The van der Waals surface area contributed by atoms with Gasteiger partial charge in [0.15, 0.2) is 0 Å². The van der Waals surface area contributed by atoms with E-state index in [1.54, 1.807) is 17.0 Å². The van der Waals surface area contributed by atoms with E-state index in [4.69, 9.17) is 0 Å². The molecule has 5 nitrogen and oxygen atoms in total. The second kappa shape index (κ2) is 7.36. The zero-order valence-electron chi connectivity index (χ0n) is 12.4. The number of nitro benzene ring substituents is 1. The van der Waals surface area contributed by atoms with Crippen LogP contribution < -0.4 is 4.90 Å². The first-order valence-corrected chi connectivity index (χ1v) is 7.25. The number of carbonyl (C=O) groups excluding carboxylic acids is 1. The molecule has 0 aromatic heterocycles. The Morgan fingerprint density at radius 3 is 2.36 bits per heavy atom. The SMILES string of the molecule is CCCCN(C(=O)c1ccccc1[N+](=O)[O-])c1ccccc1. The van der Waals surface area contributed by atoms with Gasteiger partial charge in [-0.1, -0.05) is 43.7 Å². The van der Waals surface area contributed by atoms with Gasteiger partial charge in [0.05, 0.1) is 4.92 Å². The third kappa shape index (κ3) is 3.49. The highest BCUT2D eigenvalue weighted by atomic mass is 16.6. The molecule has 22 heavy (non-hydrogen) atoms. The van der Waals surface area contributed by atoms with Crippen LogP contribution in [0, 0.1) is 10.1 Å². The molecule has 0 atom stereocenters. The van der Waals surface area contributed by atoms with Crippen molar-refractivity contribution in [3.8, 4) is 0 Å². The first kappa shape index (κ1) is 15.7. The molecule has 0 saturated heterocycles. The molecule has 0 saturated carbocycles. The van der Waals surface area contributed by atoms with Gasteiger partial charge in [0.25, 0.3) is 11.6 Å². The second-order valence-corrected chi connectivity index (χ2v) is 4.92. The van der Waals surface area contributed by atoms with E-state index in [1.165, 1.54) is 12.1 Å². The number of amides is 1. The fraction of sp³-hybridized carbons (Fsp3) is 0.235. The molecule has 2 aromatic carbocycles. The van der Waals surface area contributed by atoms with Crippen molar-refractivity contribution in [3.63, 3.8) is 0 Å². The minimum atomic E-state index is -0.518. The summed E-state index contributed by atoms with van der Waals surface area (Å²) in [6.45, 7) is 2.57. The van der Waals surface area contributed by atoms with Crippen molar-refractivity contribution < 1.29 is 9.72 Å². The van der Waals surface area contributed by atoms with Gasteiger partial charge in [-0.2, -0.15) is 0 Å². The topological polar surface area (TPSA) is 63.5 Å². The van der Waals surface area contributed by atoms with Crippen molar-refractivity contribution in [1.82, 2.24) is 0 Å². The number of anilines is 1. The Morgan fingerprint density at radius 2 is 1.73 bits per heavy atom. The van der Waals surface area contributed by atoms with E-state index in [-0.39, 0.29) is 17.2 Å². The first-order chi connectivity index (χ1) is 10.6. The summed E-state index contributed by atoms with van der Waals surface area (Å²) in [5, 5.41) is 11.1. The summed E-state index contributed by atoms with van der Waals surface area (Å²) in [5.41, 5.74) is 0.705. The van der Waals surface area contributed by atoms with Gasteiger partial charge >= 0.3 is 0 Å². The van der Waals surface area contributed by atoms with E-state index in [9.17, 15) is 14.9 Å². The molecule has 0 aliphatic carbocycles. The quantitative estimate of drug-likeness (QED) is 0.597. The van der Waals surface area contributed by atoms with Gasteiger partial charge in [-0.05, 0) is 24.6 Å². The van der Waals surface area contributed by atoms with Crippen molar-refractivity contribution >= 4 is 17.3 Å². The summed E-state index contributed by atoms with van der Waals surface area (Å²) < 4.78 is 0. The molecule has 0 fully saturated rings. The summed E-state index contributed by atoms with van der Waals surface area (Å²) in [6.07, 6.45) is 1.77. The molecule has 0 aliphatic heterocycles. The monoisotopic (exact) mass is 298 g/mol. The molecule has 0 radical (unpaired) electrons. The predicted molar refractivity (Wildman–Crippen MR) is 86.1 cm³/mol. The number of para-hydroxylation sites is 2. The summed E-state index contributed by atoms with van der Waals surface area (Å²) in [7, 11) is 0. The van der Waals surface area contributed by atoms with Crippen molar-refractivity contribution in [2.45, 2.75) is 19.8 Å². The molecule has 114 valence electrons. The Kier molecular flexibility index (Phi) is 5.25. The van der Waals surface area contributed by atoms with E-state index in [0.29, 0.717) is 6.54 Å². The Morgan fingerprint density at radius 1 is 1.09 bits per heavy atom. The van der Waals surface area contributed by atoms with E-state index >= 15 is 0 Å². The van der Waals surface area contributed by atoms with Gasteiger partial charge in [-0.3, -0.25) is 14.9 Å². The van der Waals surface area contributed by atoms with Crippen molar-refractivity contribution in [3.05, 3.63) is 70.3 Å². The molecular formula is C17H18N2O3. The Bertz CT molecular complexity index is 656. The summed E-state index contributed by atoms with van der Waals surface area (Å²) in [5.74, 6) is -0.341. The predicted octanol–water partition coefficient (Wildman–Crippen LogP) is 4.04. The lowest BCUT2D eigenvalue weighted by molar-refractivity contribution is -0.385. The molecule has 2 rings (SSSR count). The van der Waals surface area contributed by atoms with Gasteiger partial charge < -0.3 is 4.90 Å². The fourth-order valence-corrected chi connectivity index (χ4v) is 2.23. The van der Waals surface area contributed by atoms with Crippen molar-refractivity contribution in [2.24, 2.45) is 0 Å². The lowest BCUT2D eigenvalue weighted by atomic mass is 10.1. The molecular weight excluding hydrogens is 280 g/mol. The van der Waals surface area contributed by atoms with Crippen LogP contribution in [0.25, 0.3) is 0 Å². The largest absolute Gasteiger partial charge is 0.308 e. The van der Waals surface area contributed by atoms with Crippen LogP contribution in [0.2, 0.25) is 0 Å². The number of nitrogens with zero attached hydrogens (tertiary/aromatic N) is 2. The summed E-state index contributed by atoms with van der Waals surface area (Å²) in [6, 6.07) is 15.3. The van der Waals surface area contributed by atoms with E-state index in [0.717, 1.165) is 18.5 Å². The number of carbonyl (C=O) groups is 1. The number of unbranched alkanes of at least 4 members (excludes halogenated alkanes) is 1.